The minimum absolute atomic E-state index is 0.0428. The number of benzene rings is 1. The number of hydrogen-bond donors (Lipinski definition) is 0. The van der Waals surface area contributed by atoms with Crippen molar-refractivity contribution in [3.05, 3.63) is 41.0 Å². The second-order valence-electron chi connectivity index (χ2n) is 6.59. The van der Waals surface area contributed by atoms with E-state index in [1.165, 1.54) is 16.4 Å². The number of carbonyl (C=O) groups is 1. The van der Waals surface area contributed by atoms with Gasteiger partial charge < -0.3 is 9.42 Å². The predicted molar refractivity (Wildman–Crippen MR) is 103 cm³/mol. The molecule has 28 heavy (non-hydrogen) atoms. The molecule has 1 aliphatic heterocycles. The van der Waals surface area contributed by atoms with Crippen molar-refractivity contribution >= 4 is 27.5 Å². The van der Waals surface area contributed by atoms with Crippen LogP contribution in [-0.2, 0) is 27.7 Å². The third-order valence-electron chi connectivity index (χ3n) is 4.58. The molecular formula is C18H23ClN4O4S. The van der Waals surface area contributed by atoms with Gasteiger partial charge in [0.1, 0.15) is 0 Å². The van der Waals surface area contributed by atoms with Gasteiger partial charge in [-0.05, 0) is 30.7 Å². The zero-order valence-electron chi connectivity index (χ0n) is 15.7. The van der Waals surface area contributed by atoms with Crippen LogP contribution in [0.2, 0.25) is 5.02 Å². The van der Waals surface area contributed by atoms with Crippen LogP contribution in [0.5, 0.6) is 0 Å². The third kappa shape index (κ3) is 4.89. The van der Waals surface area contributed by atoms with Crippen molar-refractivity contribution in [2.24, 2.45) is 0 Å². The van der Waals surface area contributed by atoms with E-state index in [0.29, 0.717) is 36.2 Å². The summed E-state index contributed by atoms with van der Waals surface area (Å²) in [6, 6.07) is 6.09. The first kappa shape index (κ1) is 20.8. The molecule has 1 amide bonds. The highest BCUT2D eigenvalue weighted by Crippen LogP contribution is 2.20. The lowest BCUT2D eigenvalue weighted by Crippen LogP contribution is -2.50. The molecular weight excluding hydrogens is 404 g/mol. The fourth-order valence-electron chi connectivity index (χ4n) is 3.02. The Balaban J connectivity index is 1.51. The number of halogens is 1. The molecule has 0 atom stereocenters. The Labute approximate surface area is 169 Å². The first-order valence-corrected chi connectivity index (χ1v) is 11.1. The second kappa shape index (κ2) is 9.02. The van der Waals surface area contributed by atoms with Crippen LogP contribution in [0.4, 0.5) is 0 Å². The van der Waals surface area contributed by atoms with E-state index in [0.717, 1.165) is 12.8 Å². The molecule has 2 aromatic rings. The molecule has 1 aromatic carbocycles. The van der Waals surface area contributed by atoms with Gasteiger partial charge in [-0.3, -0.25) is 4.79 Å². The van der Waals surface area contributed by atoms with E-state index in [4.69, 9.17) is 16.1 Å². The maximum absolute atomic E-state index is 12.7. The maximum atomic E-state index is 12.7. The van der Waals surface area contributed by atoms with Gasteiger partial charge in [0, 0.05) is 50.5 Å². The van der Waals surface area contributed by atoms with Gasteiger partial charge in [-0.1, -0.05) is 23.7 Å². The number of sulfonamides is 1. The summed E-state index contributed by atoms with van der Waals surface area (Å²) in [5.41, 5.74) is 0. The normalized spacial score (nSPS) is 15.7. The summed E-state index contributed by atoms with van der Waals surface area (Å²) in [6.45, 7) is 3.27. The summed E-state index contributed by atoms with van der Waals surface area (Å²) in [6.07, 6.45) is 2.33. The van der Waals surface area contributed by atoms with Crippen molar-refractivity contribution in [1.29, 1.82) is 0 Å². The SMILES string of the molecule is CCCc1noc(CCC(=O)N2CCN(S(=O)(=O)c3ccc(Cl)cc3)CC2)n1. The fourth-order valence-corrected chi connectivity index (χ4v) is 4.57. The van der Waals surface area contributed by atoms with Crippen molar-refractivity contribution < 1.29 is 17.7 Å². The molecule has 0 N–H and O–H groups in total. The van der Waals surface area contributed by atoms with E-state index in [1.807, 2.05) is 6.92 Å². The summed E-state index contributed by atoms with van der Waals surface area (Å²) in [5, 5.41) is 4.36. The van der Waals surface area contributed by atoms with Gasteiger partial charge in [0.25, 0.3) is 0 Å². The van der Waals surface area contributed by atoms with E-state index in [2.05, 4.69) is 10.1 Å². The molecule has 3 rings (SSSR count). The number of piperazine rings is 1. The smallest absolute Gasteiger partial charge is 0.243 e. The summed E-state index contributed by atoms with van der Waals surface area (Å²) in [7, 11) is -3.58. The second-order valence-corrected chi connectivity index (χ2v) is 8.97. The Morgan fingerprint density at radius 3 is 2.46 bits per heavy atom. The van der Waals surface area contributed by atoms with Crippen molar-refractivity contribution in [2.75, 3.05) is 26.2 Å². The Morgan fingerprint density at radius 2 is 1.82 bits per heavy atom. The van der Waals surface area contributed by atoms with Gasteiger partial charge in [0.2, 0.25) is 21.8 Å². The van der Waals surface area contributed by atoms with Gasteiger partial charge in [-0.2, -0.15) is 9.29 Å². The molecule has 1 saturated heterocycles. The first-order valence-electron chi connectivity index (χ1n) is 9.25. The largest absolute Gasteiger partial charge is 0.340 e. The van der Waals surface area contributed by atoms with Crippen molar-refractivity contribution in [3.63, 3.8) is 0 Å². The molecule has 0 bridgehead atoms. The highest BCUT2D eigenvalue weighted by Gasteiger charge is 2.30. The third-order valence-corrected chi connectivity index (χ3v) is 6.74. The van der Waals surface area contributed by atoms with E-state index in [-0.39, 0.29) is 30.3 Å². The van der Waals surface area contributed by atoms with Crippen molar-refractivity contribution in [1.82, 2.24) is 19.3 Å². The number of carbonyl (C=O) groups excluding carboxylic acids is 1. The standard InChI is InChI=1S/C18H23ClN4O4S/c1-2-3-16-20-17(27-21-16)8-9-18(24)22-10-12-23(13-11-22)28(25,26)15-6-4-14(19)5-7-15/h4-7H,2-3,8-13H2,1H3. The van der Waals surface area contributed by atoms with Crippen LogP contribution in [0.1, 0.15) is 31.5 Å². The molecule has 10 heteroatoms. The van der Waals surface area contributed by atoms with Crippen molar-refractivity contribution in [2.45, 2.75) is 37.5 Å². The van der Waals surface area contributed by atoms with Crippen molar-refractivity contribution in [3.8, 4) is 0 Å². The van der Waals surface area contributed by atoms with Crippen LogP contribution < -0.4 is 0 Å². The van der Waals surface area contributed by atoms with Crippen LogP contribution in [0.25, 0.3) is 0 Å². The molecule has 1 fully saturated rings. The van der Waals surface area contributed by atoms with Gasteiger partial charge in [0.05, 0.1) is 4.90 Å². The monoisotopic (exact) mass is 426 g/mol. The highest BCUT2D eigenvalue weighted by atomic mass is 35.5. The number of aromatic nitrogens is 2. The van der Waals surface area contributed by atoms with Crippen LogP contribution >= 0.6 is 11.6 Å². The average molecular weight is 427 g/mol. The number of nitrogens with zero attached hydrogens (tertiary/aromatic N) is 4. The zero-order chi connectivity index (χ0) is 20.1. The molecule has 0 saturated carbocycles. The molecule has 1 aliphatic rings. The van der Waals surface area contributed by atoms with Crippen LogP contribution in [0.15, 0.2) is 33.7 Å². The van der Waals surface area contributed by atoms with Gasteiger partial charge in [0.15, 0.2) is 5.82 Å². The van der Waals surface area contributed by atoms with Gasteiger partial charge in [-0.25, -0.2) is 8.42 Å². The number of aryl methyl sites for hydroxylation is 2. The molecule has 2 heterocycles. The first-order chi connectivity index (χ1) is 13.4. The molecule has 8 nitrogen and oxygen atoms in total. The Morgan fingerprint density at radius 1 is 1.14 bits per heavy atom. The van der Waals surface area contributed by atoms with Crippen LogP contribution in [-0.4, -0.2) is 59.8 Å². The lowest BCUT2D eigenvalue weighted by Gasteiger charge is -2.34. The average Bonchev–Trinajstić information content (AvgIpc) is 3.14. The Hall–Kier alpha value is -1.97. The van der Waals surface area contributed by atoms with Crippen LogP contribution in [0, 0.1) is 0 Å². The van der Waals surface area contributed by atoms with E-state index < -0.39 is 10.0 Å². The molecule has 1 aromatic heterocycles. The minimum atomic E-state index is -3.58. The molecule has 0 aliphatic carbocycles. The van der Waals surface area contributed by atoms with E-state index >= 15 is 0 Å². The Bertz CT molecular complexity index is 906. The summed E-state index contributed by atoms with van der Waals surface area (Å²) < 4.78 is 31.9. The van der Waals surface area contributed by atoms with E-state index in [1.54, 1.807) is 17.0 Å². The molecule has 0 radical (unpaired) electrons. The Kier molecular flexibility index (Phi) is 6.69. The topological polar surface area (TPSA) is 96.6 Å². The van der Waals surface area contributed by atoms with Crippen LogP contribution in [0.3, 0.4) is 0 Å². The maximum Gasteiger partial charge on any atom is 0.243 e. The fraction of sp³-hybridized carbons (Fsp3) is 0.500. The molecule has 152 valence electrons. The summed E-state index contributed by atoms with van der Waals surface area (Å²) in [5.74, 6) is 1.07. The van der Waals surface area contributed by atoms with E-state index in [9.17, 15) is 13.2 Å². The lowest BCUT2D eigenvalue weighted by molar-refractivity contribution is -0.132. The predicted octanol–water partition coefficient (Wildman–Crippen LogP) is 2.14. The number of amides is 1. The van der Waals surface area contributed by atoms with Gasteiger partial charge >= 0.3 is 0 Å². The summed E-state index contributed by atoms with van der Waals surface area (Å²) >= 11 is 5.82. The lowest BCUT2D eigenvalue weighted by atomic mass is 10.2. The molecule has 0 spiro atoms. The highest BCUT2D eigenvalue weighted by molar-refractivity contribution is 7.89. The zero-order valence-corrected chi connectivity index (χ0v) is 17.2. The minimum Gasteiger partial charge on any atom is -0.340 e. The quantitative estimate of drug-likeness (QED) is 0.672. The number of hydrogen-bond acceptors (Lipinski definition) is 6. The number of rotatable bonds is 7. The summed E-state index contributed by atoms with van der Waals surface area (Å²) in [4.78, 5) is 18.6. The van der Waals surface area contributed by atoms with Gasteiger partial charge in [-0.15, -0.1) is 0 Å². The molecule has 0 unspecified atom stereocenters.